The summed E-state index contributed by atoms with van der Waals surface area (Å²) in [5.74, 6) is 0.812. The van der Waals surface area contributed by atoms with Gasteiger partial charge in [-0.25, -0.2) is 4.79 Å². The van der Waals surface area contributed by atoms with Gasteiger partial charge in [0.05, 0.1) is 13.2 Å². The van der Waals surface area contributed by atoms with E-state index in [2.05, 4.69) is 12.2 Å². The Hall–Kier alpha value is -2.53. The van der Waals surface area contributed by atoms with E-state index in [1.54, 1.807) is 7.11 Å². The maximum atomic E-state index is 12.8. The van der Waals surface area contributed by atoms with Gasteiger partial charge in [-0.15, -0.1) is 0 Å². The Morgan fingerprint density at radius 2 is 2.11 bits per heavy atom. The van der Waals surface area contributed by atoms with Gasteiger partial charge >= 0.3 is 6.03 Å². The molecule has 2 aromatic carbocycles. The van der Waals surface area contributed by atoms with Gasteiger partial charge in [0.15, 0.2) is 0 Å². The van der Waals surface area contributed by atoms with Gasteiger partial charge in [0.1, 0.15) is 5.75 Å². The zero-order chi connectivity index (χ0) is 19.1. The number of ether oxygens (including phenoxy) is 2. The molecule has 144 valence electrons. The van der Waals surface area contributed by atoms with Crippen LogP contribution in [0.3, 0.4) is 0 Å². The summed E-state index contributed by atoms with van der Waals surface area (Å²) in [5.41, 5.74) is 2.78. The summed E-state index contributed by atoms with van der Waals surface area (Å²) in [5, 5.41) is 3.04. The second kappa shape index (κ2) is 9.42. The summed E-state index contributed by atoms with van der Waals surface area (Å²) < 4.78 is 11.2. The molecule has 0 aliphatic carbocycles. The lowest BCUT2D eigenvalue weighted by atomic mass is 10.0. The molecular formula is C22H28N2O3. The number of methoxy groups -OCH3 is 1. The van der Waals surface area contributed by atoms with E-state index in [0.29, 0.717) is 6.54 Å². The highest BCUT2D eigenvalue weighted by Crippen LogP contribution is 2.31. The fourth-order valence-electron chi connectivity index (χ4n) is 3.43. The predicted octanol–water partition coefficient (Wildman–Crippen LogP) is 4.79. The normalized spacial score (nSPS) is 16.1. The molecule has 0 spiro atoms. The molecule has 0 radical (unpaired) electrons. The number of hydrogen-bond donors (Lipinski definition) is 1. The molecule has 5 heteroatoms. The first-order chi connectivity index (χ1) is 13.2. The molecule has 0 saturated carbocycles. The van der Waals surface area contributed by atoms with Crippen LogP contribution in [0.2, 0.25) is 0 Å². The van der Waals surface area contributed by atoms with Crippen molar-refractivity contribution in [1.82, 2.24) is 4.90 Å². The van der Waals surface area contributed by atoms with E-state index in [0.717, 1.165) is 55.0 Å². The van der Waals surface area contributed by atoms with Crippen molar-refractivity contribution in [3.8, 4) is 16.9 Å². The first-order valence-electron chi connectivity index (χ1n) is 9.62. The number of amides is 2. The molecule has 0 aromatic heterocycles. The molecule has 1 aliphatic heterocycles. The molecule has 2 amide bonds. The van der Waals surface area contributed by atoms with Crippen molar-refractivity contribution in [3.63, 3.8) is 0 Å². The van der Waals surface area contributed by atoms with Crippen molar-refractivity contribution >= 4 is 11.7 Å². The molecule has 1 saturated heterocycles. The first kappa shape index (κ1) is 19.2. The lowest BCUT2D eigenvalue weighted by Crippen LogP contribution is -2.40. The number of carbonyl (C=O) groups excluding carboxylic acids is 1. The third-order valence-electron chi connectivity index (χ3n) is 4.76. The number of benzene rings is 2. The van der Waals surface area contributed by atoms with Crippen LogP contribution >= 0.6 is 0 Å². The largest absolute Gasteiger partial charge is 0.496 e. The topological polar surface area (TPSA) is 50.8 Å². The van der Waals surface area contributed by atoms with Crippen LogP contribution in [-0.4, -0.2) is 43.8 Å². The number of nitrogens with zero attached hydrogens (tertiary/aromatic N) is 1. The van der Waals surface area contributed by atoms with E-state index in [9.17, 15) is 4.79 Å². The Morgan fingerprint density at radius 3 is 2.85 bits per heavy atom. The van der Waals surface area contributed by atoms with Gasteiger partial charge in [-0.2, -0.15) is 0 Å². The molecule has 2 aromatic rings. The quantitative estimate of drug-likeness (QED) is 0.765. The molecular weight excluding hydrogens is 340 g/mol. The summed E-state index contributed by atoms with van der Waals surface area (Å²) in [6.07, 6.45) is 3.17. The van der Waals surface area contributed by atoms with Crippen LogP contribution in [0.1, 0.15) is 26.2 Å². The number of para-hydroxylation sites is 1. The van der Waals surface area contributed by atoms with E-state index in [-0.39, 0.29) is 12.1 Å². The molecule has 5 nitrogen and oxygen atoms in total. The number of carbonyl (C=O) groups is 1. The maximum Gasteiger partial charge on any atom is 0.321 e. The standard InChI is InChI=1S/C22H28N2O3/c1-3-13-24(16-19-10-7-14-27-19)22(25)23-18-9-6-8-17(15-18)20-11-4-5-12-21(20)26-2/h4-6,8-9,11-12,15,19H,3,7,10,13-14,16H2,1-2H3,(H,23,25). The van der Waals surface area contributed by atoms with Crippen molar-refractivity contribution in [3.05, 3.63) is 48.5 Å². The van der Waals surface area contributed by atoms with Crippen LogP contribution in [0.25, 0.3) is 11.1 Å². The second-order valence-electron chi connectivity index (χ2n) is 6.79. The Balaban J connectivity index is 1.73. The van der Waals surface area contributed by atoms with Gasteiger partial charge in [-0.3, -0.25) is 0 Å². The molecule has 1 fully saturated rings. The Morgan fingerprint density at radius 1 is 1.26 bits per heavy atom. The lowest BCUT2D eigenvalue weighted by molar-refractivity contribution is 0.0836. The van der Waals surface area contributed by atoms with Crippen LogP contribution in [0, 0.1) is 0 Å². The maximum absolute atomic E-state index is 12.8. The third-order valence-corrected chi connectivity index (χ3v) is 4.76. The molecule has 1 aliphatic rings. The fraction of sp³-hybridized carbons (Fsp3) is 0.409. The average Bonchev–Trinajstić information content (AvgIpc) is 3.21. The molecule has 0 bridgehead atoms. The van der Waals surface area contributed by atoms with Crippen molar-refractivity contribution in [2.75, 3.05) is 32.1 Å². The van der Waals surface area contributed by atoms with Crippen molar-refractivity contribution in [2.45, 2.75) is 32.3 Å². The SMILES string of the molecule is CCCN(CC1CCCO1)C(=O)Nc1cccc(-c2ccccc2OC)c1. The van der Waals surface area contributed by atoms with Gasteiger partial charge in [-0.05, 0) is 43.0 Å². The number of rotatable bonds is 7. The fourth-order valence-corrected chi connectivity index (χ4v) is 3.43. The molecule has 1 N–H and O–H groups in total. The molecule has 1 heterocycles. The monoisotopic (exact) mass is 368 g/mol. The minimum atomic E-state index is -0.0791. The summed E-state index contributed by atoms with van der Waals surface area (Å²) in [7, 11) is 1.66. The zero-order valence-electron chi connectivity index (χ0n) is 16.1. The van der Waals surface area contributed by atoms with E-state index < -0.39 is 0 Å². The lowest BCUT2D eigenvalue weighted by Gasteiger charge is -2.25. The van der Waals surface area contributed by atoms with Crippen LogP contribution < -0.4 is 10.1 Å². The summed E-state index contributed by atoms with van der Waals surface area (Å²) in [6.45, 7) is 4.25. The van der Waals surface area contributed by atoms with Crippen molar-refractivity contribution in [1.29, 1.82) is 0 Å². The van der Waals surface area contributed by atoms with Gasteiger partial charge in [0.25, 0.3) is 0 Å². The van der Waals surface area contributed by atoms with Gasteiger partial charge in [0.2, 0.25) is 0 Å². The van der Waals surface area contributed by atoms with Crippen LogP contribution in [0.4, 0.5) is 10.5 Å². The predicted molar refractivity (Wildman–Crippen MR) is 108 cm³/mol. The second-order valence-corrected chi connectivity index (χ2v) is 6.79. The number of urea groups is 1. The van der Waals surface area contributed by atoms with Gasteiger partial charge in [-0.1, -0.05) is 37.3 Å². The molecule has 27 heavy (non-hydrogen) atoms. The van der Waals surface area contributed by atoms with Crippen molar-refractivity contribution in [2.24, 2.45) is 0 Å². The summed E-state index contributed by atoms with van der Waals surface area (Å²) in [4.78, 5) is 14.6. The van der Waals surface area contributed by atoms with E-state index in [1.807, 2.05) is 53.4 Å². The van der Waals surface area contributed by atoms with E-state index >= 15 is 0 Å². The first-order valence-corrected chi connectivity index (χ1v) is 9.62. The number of nitrogens with one attached hydrogen (secondary N) is 1. The van der Waals surface area contributed by atoms with Gasteiger partial charge in [0, 0.05) is 30.9 Å². The van der Waals surface area contributed by atoms with Crippen LogP contribution in [0.15, 0.2) is 48.5 Å². The van der Waals surface area contributed by atoms with E-state index in [1.165, 1.54) is 0 Å². The number of anilines is 1. The minimum absolute atomic E-state index is 0.0791. The molecule has 3 rings (SSSR count). The zero-order valence-corrected chi connectivity index (χ0v) is 16.1. The van der Waals surface area contributed by atoms with Crippen molar-refractivity contribution < 1.29 is 14.3 Å². The van der Waals surface area contributed by atoms with Gasteiger partial charge < -0.3 is 19.7 Å². The molecule has 1 atom stereocenters. The van der Waals surface area contributed by atoms with Crippen LogP contribution in [-0.2, 0) is 4.74 Å². The van der Waals surface area contributed by atoms with E-state index in [4.69, 9.17) is 9.47 Å². The Kier molecular flexibility index (Phi) is 6.71. The number of hydrogen-bond acceptors (Lipinski definition) is 3. The minimum Gasteiger partial charge on any atom is -0.496 e. The summed E-state index contributed by atoms with van der Waals surface area (Å²) >= 11 is 0. The highest BCUT2D eigenvalue weighted by Gasteiger charge is 2.22. The van der Waals surface area contributed by atoms with Crippen LogP contribution in [0.5, 0.6) is 5.75 Å². The summed E-state index contributed by atoms with van der Waals surface area (Å²) in [6, 6.07) is 15.6. The Bertz CT molecular complexity index is 757. The highest BCUT2D eigenvalue weighted by atomic mass is 16.5. The smallest absolute Gasteiger partial charge is 0.321 e. The third kappa shape index (κ3) is 5.01. The molecule has 1 unspecified atom stereocenters. The Labute approximate surface area is 161 Å². The highest BCUT2D eigenvalue weighted by molar-refractivity contribution is 5.90. The average molecular weight is 368 g/mol.